The molecule has 0 N–H and O–H groups in total. The van der Waals surface area contributed by atoms with Crippen LogP contribution < -0.4 is 0 Å². The van der Waals surface area contributed by atoms with Gasteiger partial charge in [-0.25, -0.2) is 15.0 Å². The van der Waals surface area contributed by atoms with Crippen LogP contribution in [-0.2, 0) is 0 Å². The van der Waals surface area contributed by atoms with E-state index in [4.69, 9.17) is 19.4 Å². The molecule has 0 radical (unpaired) electrons. The molecule has 0 aliphatic rings. The molecule has 0 bridgehead atoms. The molecule has 2 aromatic heterocycles. The van der Waals surface area contributed by atoms with Crippen molar-refractivity contribution in [3.05, 3.63) is 200 Å². The molecule has 0 amide bonds. The third kappa shape index (κ3) is 5.65. The molecule has 0 fully saturated rings. The van der Waals surface area contributed by atoms with Gasteiger partial charge in [0.05, 0.1) is 0 Å². The van der Waals surface area contributed by atoms with Crippen LogP contribution in [0.5, 0.6) is 0 Å². The lowest BCUT2D eigenvalue weighted by Crippen LogP contribution is -2.00. The average molecular weight is 752 g/mol. The number of aromatic nitrogens is 3. The Morgan fingerprint density at radius 2 is 0.712 bits per heavy atom. The van der Waals surface area contributed by atoms with Gasteiger partial charge in [-0.05, 0) is 102 Å². The molecule has 0 unspecified atom stereocenters. The summed E-state index contributed by atoms with van der Waals surface area (Å²) in [7, 11) is 0. The van der Waals surface area contributed by atoms with Gasteiger partial charge in [-0.1, -0.05) is 164 Å². The fourth-order valence-electron chi connectivity index (χ4n) is 8.74. The van der Waals surface area contributed by atoms with Gasteiger partial charge in [-0.3, -0.25) is 0 Å². The van der Waals surface area contributed by atoms with Crippen LogP contribution in [-0.4, -0.2) is 15.0 Å². The maximum atomic E-state index is 6.27. The number of fused-ring (bicyclic) bond motifs is 4. The van der Waals surface area contributed by atoms with Crippen LogP contribution in [0.15, 0.2) is 205 Å². The summed E-state index contributed by atoms with van der Waals surface area (Å²) in [5.41, 5.74) is 11.7. The topological polar surface area (TPSA) is 51.8 Å². The summed E-state index contributed by atoms with van der Waals surface area (Å²) in [4.78, 5) is 14.9. The van der Waals surface area contributed by atoms with Crippen molar-refractivity contribution in [2.24, 2.45) is 0 Å². The minimum absolute atomic E-state index is 0.639. The maximum Gasteiger partial charge on any atom is 0.164 e. The molecule has 0 atom stereocenters. The van der Waals surface area contributed by atoms with Crippen molar-refractivity contribution in [1.29, 1.82) is 0 Å². The Morgan fingerprint density at radius 3 is 1.37 bits per heavy atom. The Bertz CT molecular complexity index is 3550. The van der Waals surface area contributed by atoms with Gasteiger partial charge in [0.25, 0.3) is 0 Å². The minimum atomic E-state index is 0.639. The molecular formula is C55H33N3O. The number of benzene rings is 10. The van der Waals surface area contributed by atoms with Crippen molar-refractivity contribution >= 4 is 54.3 Å². The van der Waals surface area contributed by atoms with Crippen molar-refractivity contribution in [2.75, 3.05) is 0 Å². The molecule has 2 heterocycles. The molecule has 0 saturated heterocycles. The Kier molecular flexibility index (Phi) is 7.50. The molecule has 4 heteroatoms. The third-order valence-corrected chi connectivity index (χ3v) is 11.7. The van der Waals surface area contributed by atoms with Crippen molar-refractivity contribution in [2.45, 2.75) is 0 Å². The first kappa shape index (κ1) is 33.2. The highest BCUT2D eigenvalue weighted by atomic mass is 16.3. The quantitative estimate of drug-likeness (QED) is 0.159. The summed E-state index contributed by atoms with van der Waals surface area (Å²) in [6.07, 6.45) is 0. The Balaban J connectivity index is 0.882. The average Bonchev–Trinajstić information content (AvgIpc) is 3.71. The number of hydrogen-bond donors (Lipinski definition) is 0. The Morgan fingerprint density at radius 1 is 0.254 bits per heavy atom. The largest absolute Gasteiger partial charge is 0.456 e. The summed E-state index contributed by atoms with van der Waals surface area (Å²) in [6, 6.07) is 70.6. The predicted molar refractivity (Wildman–Crippen MR) is 243 cm³/mol. The van der Waals surface area contributed by atoms with E-state index in [2.05, 4.69) is 170 Å². The number of hydrogen-bond acceptors (Lipinski definition) is 4. The summed E-state index contributed by atoms with van der Waals surface area (Å²) in [5, 5.41) is 9.69. The second kappa shape index (κ2) is 13.3. The molecule has 0 aliphatic heterocycles. The first-order valence-electron chi connectivity index (χ1n) is 19.9. The second-order valence-electron chi connectivity index (χ2n) is 15.2. The van der Waals surface area contributed by atoms with Gasteiger partial charge in [0.1, 0.15) is 11.2 Å². The number of furan rings is 1. The lowest BCUT2D eigenvalue weighted by atomic mass is 9.91. The van der Waals surface area contributed by atoms with Crippen LogP contribution in [0.25, 0.3) is 122 Å². The molecule has 0 saturated carbocycles. The molecule has 0 spiro atoms. The number of nitrogens with zero attached hydrogens (tertiary/aromatic N) is 3. The first-order valence-corrected chi connectivity index (χ1v) is 19.9. The highest BCUT2D eigenvalue weighted by molar-refractivity contribution is 6.33. The zero-order chi connectivity index (χ0) is 38.9. The standard InChI is InChI=1S/C55H33N3O/c1-2-11-36(12-3-1)53-56-54(58-55(57-53)44-27-24-34-10-4-5-13-38(34)32-44)37-25-22-35(23-26-37)39-14-6-15-40(30-39)41-16-7-17-42(31-41)43-28-29-45-46-18-8-20-49-51(46)52-47(48(45)33-43)19-9-21-50(52)59-49/h1-33H. The molecule has 12 rings (SSSR count). The van der Waals surface area contributed by atoms with Gasteiger partial charge in [-0.15, -0.1) is 0 Å². The third-order valence-electron chi connectivity index (χ3n) is 11.7. The van der Waals surface area contributed by atoms with Gasteiger partial charge >= 0.3 is 0 Å². The molecule has 274 valence electrons. The highest BCUT2D eigenvalue weighted by Gasteiger charge is 2.18. The van der Waals surface area contributed by atoms with Crippen molar-refractivity contribution in [3.8, 4) is 67.5 Å². The van der Waals surface area contributed by atoms with Crippen LogP contribution in [0.3, 0.4) is 0 Å². The fraction of sp³-hybridized carbons (Fsp3) is 0. The molecule has 12 aromatic rings. The molecule has 0 aliphatic carbocycles. The zero-order valence-electron chi connectivity index (χ0n) is 31.8. The predicted octanol–water partition coefficient (Wildman–Crippen LogP) is 14.7. The molecular weight excluding hydrogens is 719 g/mol. The van der Waals surface area contributed by atoms with Crippen molar-refractivity contribution in [1.82, 2.24) is 15.0 Å². The summed E-state index contributed by atoms with van der Waals surface area (Å²) >= 11 is 0. The van der Waals surface area contributed by atoms with E-state index in [-0.39, 0.29) is 0 Å². The van der Waals surface area contributed by atoms with E-state index in [0.717, 1.165) is 49.9 Å². The van der Waals surface area contributed by atoms with Gasteiger partial charge in [0.2, 0.25) is 0 Å². The van der Waals surface area contributed by atoms with Crippen LogP contribution in [0, 0.1) is 0 Å². The zero-order valence-corrected chi connectivity index (χ0v) is 31.8. The van der Waals surface area contributed by atoms with E-state index >= 15 is 0 Å². The van der Waals surface area contributed by atoms with Crippen molar-refractivity contribution < 1.29 is 4.42 Å². The lowest BCUT2D eigenvalue weighted by molar-refractivity contribution is 0.669. The van der Waals surface area contributed by atoms with Gasteiger partial charge < -0.3 is 4.42 Å². The van der Waals surface area contributed by atoms with Crippen LogP contribution in [0.1, 0.15) is 0 Å². The van der Waals surface area contributed by atoms with Gasteiger partial charge in [0, 0.05) is 27.5 Å². The van der Waals surface area contributed by atoms with E-state index in [1.54, 1.807) is 0 Å². The molecule has 4 nitrogen and oxygen atoms in total. The SMILES string of the molecule is c1ccc(-c2nc(-c3ccc(-c4cccc(-c5cccc(-c6ccc7c(c6)c6cccc8oc9cccc7c9c86)c5)c4)cc3)nc(-c3ccc4ccccc4c3)n2)cc1. The van der Waals surface area contributed by atoms with E-state index < -0.39 is 0 Å². The van der Waals surface area contributed by atoms with Crippen molar-refractivity contribution in [3.63, 3.8) is 0 Å². The van der Waals surface area contributed by atoms with Crippen LogP contribution in [0.2, 0.25) is 0 Å². The Hall–Kier alpha value is -7.95. The second-order valence-corrected chi connectivity index (χ2v) is 15.2. The maximum absolute atomic E-state index is 6.27. The Labute approximate surface area is 340 Å². The molecule has 10 aromatic carbocycles. The monoisotopic (exact) mass is 751 g/mol. The first-order chi connectivity index (χ1) is 29.2. The summed E-state index contributed by atoms with van der Waals surface area (Å²) in [5.74, 6) is 1.94. The fourth-order valence-corrected chi connectivity index (χ4v) is 8.74. The minimum Gasteiger partial charge on any atom is -0.456 e. The smallest absolute Gasteiger partial charge is 0.164 e. The van der Waals surface area contributed by atoms with E-state index in [1.807, 2.05) is 30.3 Å². The van der Waals surface area contributed by atoms with Gasteiger partial charge in [-0.2, -0.15) is 0 Å². The highest BCUT2D eigenvalue weighted by Crippen LogP contribution is 2.43. The number of rotatable bonds is 6. The normalized spacial score (nSPS) is 11.7. The lowest BCUT2D eigenvalue weighted by Gasteiger charge is -2.12. The van der Waals surface area contributed by atoms with Crippen LogP contribution in [0.4, 0.5) is 0 Å². The summed E-state index contributed by atoms with van der Waals surface area (Å²) in [6.45, 7) is 0. The van der Waals surface area contributed by atoms with E-state index in [0.29, 0.717) is 17.5 Å². The summed E-state index contributed by atoms with van der Waals surface area (Å²) < 4.78 is 6.27. The van der Waals surface area contributed by atoms with Gasteiger partial charge in [0.15, 0.2) is 17.5 Å². The molecule has 59 heavy (non-hydrogen) atoms. The van der Waals surface area contributed by atoms with Crippen LogP contribution >= 0.6 is 0 Å². The van der Waals surface area contributed by atoms with E-state index in [1.165, 1.54) is 54.4 Å². The van der Waals surface area contributed by atoms with E-state index in [9.17, 15) is 0 Å².